The molecule has 1 amide bonds. The molecule has 5 nitrogen and oxygen atoms in total. The number of carbonyl (C=O) groups is 1. The molecule has 3 heterocycles. The van der Waals surface area contributed by atoms with Gasteiger partial charge >= 0.3 is 0 Å². The summed E-state index contributed by atoms with van der Waals surface area (Å²) in [6.07, 6.45) is 3.89. The van der Waals surface area contributed by atoms with Crippen LogP contribution in [-0.4, -0.2) is 41.0 Å². The molecule has 2 aliphatic heterocycles. The second-order valence-corrected chi connectivity index (χ2v) is 8.22. The number of hydrogen-bond donors (Lipinski definition) is 1. The number of rotatable bonds is 5. The zero-order valence-corrected chi connectivity index (χ0v) is 18.4. The van der Waals surface area contributed by atoms with Crippen molar-refractivity contribution in [1.29, 1.82) is 0 Å². The third-order valence-electron chi connectivity index (χ3n) is 5.19. The minimum atomic E-state index is 0. The van der Waals surface area contributed by atoms with Gasteiger partial charge in [-0.05, 0) is 38.3 Å². The van der Waals surface area contributed by atoms with Crippen molar-refractivity contribution >= 4 is 42.1 Å². The second-order valence-electron chi connectivity index (χ2n) is 7.28. The lowest BCUT2D eigenvalue weighted by atomic mass is 10.1. The minimum absolute atomic E-state index is 0. The second kappa shape index (κ2) is 10.4. The third kappa shape index (κ3) is 5.83. The van der Waals surface area contributed by atoms with Crippen LogP contribution in [0, 0.1) is 6.92 Å². The highest BCUT2D eigenvalue weighted by Gasteiger charge is 2.31. The van der Waals surface area contributed by atoms with E-state index < -0.39 is 0 Å². The number of carbonyl (C=O) groups excluding carboxylic acids is 1. The first kappa shape index (κ1) is 22.9. The standard InChI is InChI=1S/C20H25N3O2S.2ClH/c1-14-2-6-18(7-3-14)25-12-19-22-17(13-26-19)10-20(24)23-9-8-15-4-5-16(11-23)21-15;;/h2-3,6-7,13,15-16,21H,4-5,8-12H2,1H3;2*1H. The molecule has 2 aliphatic rings. The molecule has 0 aliphatic carbocycles. The highest BCUT2D eigenvalue weighted by molar-refractivity contribution is 7.09. The Hall–Kier alpha value is -1.34. The number of likely N-dealkylation sites (tertiary alicyclic amines) is 1. The number of nitrogens with one attached hydrogen (secondary N) is 1. The van der Waals surface area contributed by atoms with Gasteiger partial charge in [-0.3, -0.25) is 4.79 Å². The van der Waals surface area contributed by atoms with Gasteiger partial charge in [0.15, 0.2) is 0 Å². The zero-order valence-electron chi connectivity index (χ0n) is 15.9. The Bertz CT molecular complexity index is 769. The zero-order chi connectivity index (χ0) is 17.9. The number of ether oxygens (including phenoxy) is 1. The molecule has 154 valence electrons. The SMILES string of the molecule is Cc1ccc(OCc2nc(CC(=O)N3CCC4CCC(C3)N4)cs2)cc1.Cl.Cl. The van der Waals surface area contributed by atoms with Gasteiger partial charge in [0.05, 0.1) is 12.1 Å². The van der Waals surface area contributed by atoms with Gasteiger partial charge in [0.2, 0.25) is 5.91 Å². The number of halogens is 2. The van der Waals surface area contributed by atoms with E-state index in [1.165, 1.54) is 18.4 Å². The number of thiazole rings is 1. The monoisotopic (exact) mass is 443 g/mol. The summed E-state index contributed by atoms with van der Waals surface area (Å²) in [5.74, 6) is 1.03. The van der Waals surface area contributed by atoms with E-state index in [4.69, 9.17) is 4.74 Å². The lowest BCUT2D eigenvalue weighted by molar-refractivity contribution is -0.130. The van der Waals surface area contributed by atoms with Crippen LogP contribution in [0.15, 0.2) is 29.6 Å². The number of fused-ring (bicyclic) bond motifs is 2. The topological polar surface area (TPSA) is 54.5 Å². The summed E-state index contributed by atoms with van der Waals surface area (Å²) in [6.45, 7) is 4.20. The van der Waals surface area contributed by atoms with Crippen molar-refractivity contribution < 1.29 is 9.53 Å². The molecule has 4 rings (SSSR count). The smallest absolute Gasteiger partial charge is 0.228 e. The molecular formula is C20H27Cl2N3O2S. The van der Waals surface area contributed by atoms with E-state index in [0.29, 0.717) is 25.1 Å². The molecule has 2 saturated heterocycles. The van der Waals surface area contributed by atoms with Gasteiger partial charge < -0.3 is 15.0 Å². The Morgan fingerprint density at radius 3 is 2.75 bits per heavy atom. The minimum Gasteiger partial charge on any atom is -0.486 e. The van der Waals surface area contributed by atoms with Gasteiger partial charge in [0, 0.05) is 30.6 Å². The molecule has 28 heavy (non-hydrogen) atoms. The highest BCUT2D eigenvalue weighted by atomic mass is 35.5. The van der Waals surface area contributed by atoms with Crippen LogP contribution in [0.5, 0.6) is 5.75 Å². The number of hydrogen-bond acceptors (Lipinski definition) is 5. The number of nitrogens with zero attached hydrogens (tertiary/aromatic N) is 2. The Morgan fingerprint density at radius 2 is 1.96 bits per heavy atom. The molecule has 2 fully saturated rings. The van der Waals surface area contributed by atoms with Crippen LogP contribution in [0.3, 0.4) is 0 Å². The predicted octanol–water partition coefficient (Wildman–Crippen LogP) is 3.77. The van der Waals surface area contributed by atoms with E-state index in [2.05, 4.69) is 17.2 Å². The molecule has 1 aromatic carbocycles. The molecule has 2 unspecified atom stereocenters. The Balaban J connectivity index is 0.00000140. The molecule has 2 aromatic rings. The van der Waals surface area contributed by atoms with Crippen molar-refractivity contribution in [1.82, 2.24) is 15.2 Å². The Morgan fingerprint density at radius 1 is 1.21 bits per heavy atom. The van der Waals surface area contributed by atoms with Gasteiger partial charge in [0.25, 0.3) is 0 Å². The fourth-order valence-corrected chi connectivity index (χ4v) is 4.42. The van der Waals surface area contributed by atoms with Gasteiger partial charge in [-0.2, -0.15) is 0 Å². The van der Waals surface area contributed by atoms with Crippen molar-refractivity contribution in [2.75, 3.05) is 13.1 Å². The summed E-state index contributed by atoms with van der Waals surface area (Å²) >= 11 is 1.56. The first-order valence-electron chi connectivity index (χ1n) is 9.32. The fourth-order valence-electron chi connectivity index (χ4n) is 3.71. The van der Waals surface area contributed by atoms with E-state index >= 15 is 0 Å². The maximum atomic E-state index is 12.6. The van der Waals surface area contributed by atoms with Crippen LogP contribution in [0.4, 0.5) is 0 Å². The van der Waals surface area contributed by atoms with Gasteiger partial charge in [-0.15, -0.1) is 36.2 Å². The Kier molecular flexibility index (Phi) is 8.56. The van der Waals surface area contributed by atoms with E-state index in [1.807, 2.05) is 34.5 Å². The molecule has 1 aromatic heterocycles. The van der Waals surface area contributed by atoms with Crippen molar-refractivity contribution in [2.24, 2.45) is 0 Å². The van der Waals surface area contributed by atoms with Crippen molar-refractivity contribution in [3.8, 4) is 5.75 Å². The predicted molar refractivity (Wildman–Crippen MR) is 117 cm³/mol. The van der Waals surface area contributed by atoms with E-state index in [0.717, 1.165) is 36.0 Å². The van der Waals surface area contributed by atoms with E-state index in [-0.39, 0.29) is 30.7 Å². The first-order chi connectivity index (χ1) is 12.7. The van der Waals surface area contributed by atoms with Gasteiger partial charge in [-0.25, -0.2) is 4.98 Å². The maximum absolute atomic E-state index is 12.6. The molecule has 8 heteroatoms. The van der Waals surface area contributed by atoms with Crippen molar-refractivity contribution in [3.05, 3.63) is 45.9 Å². The maximum Gasteiger partial charge on any atom is 0.228 e. The molecule has 0 spiro atoms. The van der Waals surface area contributed by atoms with Crippen LogP contribution in [-0.2, 0) is 17.8 Å². The quantitative estimate of drug-likeness (QED) is 0.763. The van der Waals surface area contributed by atoms with Crippen LogP contribution in [0.25, 0.3) is 0 Å². The highest BCUT2D eigenvalue weighted by Crippen LogP contribution is 2.21. The summed E-state index contributed by atoms with van der Waals surface area (Å²) in [5.41, 5.74) is 2.06. The van der Waals surface area contributed by atoms with Crippen LogP contribution >= 0.6 is 36.2 Å². The summed E-state index contributed by atoms with van der Waals surface area (Å²) < 4.78 is 5.78. The molecule has 0 radical (unpaired) electrons. The molecule has 2 atom stereocenters. The van der Waals surface area contributed by atoms with E-state index in [9.17, 15) is 4.79 Å². The molecule has 1 N–H and O–H groups in total. The molecule has 0 saturated carbocycles. The van der Waals surface area contributed by atoms with Crippen LogP contribution in [0.1, 0.15) is 35.5 Å². The average molecular weight is 444 g/mol. The largest absolute Gasteiger partial charge is 0.486 e. The number of aryl methyl sites for hydroxylation is 1. The lowest BCUT2D eigenvalue weighted by Gasteiger charge is -2.24. The third-order valence-corrected chi connectivity index (χ3v) is 6.06. The lowest BCUT2D eigenvalue weighted by Crippen LogP contribution is -2.39. The van der Waals surface area contributed by atoms with Crippen molar-refractivity contribution in [3.63, 3.8) is 0 Å². The summed E-state index contributed by atoms with van der Waals surface area (Å²) in [6, 6.07) is 9.07. The summed E-state index contributed by atoms with van der Waals surface area (Å²) in [5, 5.41) is 6.50. The first-order valence-corrected chi connectivity index (χ1v) is 10.2. The Labute approximate surface area is 182 Å². The van der Waals surface area contributed by atoms with E-state index in [1.54, 1.807) is 11.3 Å². The van der Waals surface area contributed by atoms with Crippen LogP contribution in [0.2, 0.25) is 0 Å². The molecule has 2 bridgehead atoms. The fraction of sp³-hybridized carbons (Fsp3) is 0.500. The number of amides is 1. The normalized spacial score (nSPS) is 20.7. The number of benzene rings is 1. The average Bonchev–Trinajstić information content (AvgIpc) is 3.20. The summed E-state index contributed by atoms with van der Waals surface area (Å²) in [7, 11) is 0. The van der Waals surface area contributed by atoms with Crippen LogP contribution < -0.4 is 10.1 Å². The van der Waals surface area contributed by atoms with Gasteiger partial charge in [0.1, 0.15) is 17.4 Å². The molecular weight excluding hydrogens is 417 g/mol. The number of aromatic nitrogens is 1. The summed E-state index contributed by atoms with van der Waals surface area (Å²) in [4.78, 5) is 19.2. The van der Waals surface area contributed by atoms with Crippen molar-refractivity contribution in [2.45, 2.75) is 51.3 Å². The van der Waals surface area contributed by atoms with Gasteiger partial charge in [-0.1, -0.05) is 17.7 Å².